The molecule has 0 unspecified atom stereocenters. The molecule has 0 aliphatic carbocycles. The number of hydrogen-bond donors (Lipinski definition) is 2. The predicted molar refractivity (Wildman–Crippen MR) is 69.4 cm³/mol. The number of non-ortho nitro benzene ring substituents is 1. The molecular weight excluding hydrogens is 282 g/mol. The lowest BCUT2D eigenvalue weighted by Gasteiger charge is -2.08. The Balaban J connectivity index is 2.56. The highest BCUT2D eigenvalue weighted by molar-refractivity contribution is 7.88. The molecule has 7 nitrogen and oxygen atoms in total. The molecule has 0 amide bonds. The first kappa shape index (κ1) is 14.7. The van der Waals surface area contributed by atoms with Gasteiger partial charge < -0.3 is 5.32 Å². The summed E-state index contributed by atoms with van der Waals surface area (Å²) in [5.74, 6) is 0. The van der Waals surface area contributed by atoms with Crippen LogP contribution in [0.2, 0.25) is 5.02 Å². The lowest BCUT2D eigenvalue weighted by atomic mass is 10.3. The van der Waals surface area contributed by atoms with Crippen molar-refractivity contribution in [2.45, 2.75) is 0 Å². The quantitative estimate of drug-likeness (QED) is 0.466. The van der Waals surface area contributed by atoms with Crippen LogP contribution in [-0.4, -0.2) is 32.7 Å². The Labute approximate surface area is 109 Å². The molecule has 0 aromatic heterocycles. The summed E-state index contributed by atoms with van der Waals surface area (Å²) < 4.78 is 23.9. The van der Waals surface area contributed by atoms with Crippen molar-refractivity contribution in [1.82, 2.24) is 4.72 Å². The summed E-state index contributed by atoms with van der Waals surface area (Å²) in [6.07, 6.45) is 1.06. The summed E-state index contributed by atoms with van der Waals surface area (Å²) in [7, 11) is -3.22. The molecule has 9 heteroatoms. The number of nitrogens with one attached hydrogen (secondary N) is 2. The van der Waals surface area contributed by atoms with Gasteiger partial charge >= 0.3 is 0 Å². The molecule has 1 aromatic carbocycles. The van der Waals surface area contributed by atoms with Crippen molar-refractivity contribution in [1.29, 1.82) is 0 Å². The number of nitro benzene ring substituents is 1. The molecule has 0 spiro atoms. The fourth-order valence-electron chi connectivity index (χ4n) is 1.19. The van der Waals surface area contributed by atoms with Crippen molar-refractivity contribution < 1.29 is 13.3 Å². The van der Waals surface area contributed by atoms with Gasteiger partial charge in [-0.1, -0.05) is 11.6 Å². The Morgan fingerprint density at radius 2 is 2.06 bits per heavy atom. The van der Waals surface area contributed by atoms with Crippen LogP contribution in [-0.2, 0) is 10.0 Å². The van der Waals surface area contributed by atoms with Crippen LogP contribution in [0.3, 0.4) is 0 Å². The first-order valence-corrected chi connectivity index (χ1v) is 7.19. The molecule has 0 aliphatic rings. The number of benzene rings is 1. The largest absolute Gasteiger partial charge is 0.383 e. The van der Waals surface area contributed by atoms with Gasteiger partial charge in [-0.15, -0.1) is 0 Å². The summed E-state index contributed by atoms with van der Waals surface area (Å²) in [6.45, 7) is 0.525. The number of halogens is 1. The molecule has 1 aromatic rings. The number of anilines is 1. The number of hydrogen-bond acceptors (Lipinski definition) is 5. The molecule has 0 heterocycles. The van der Waals surface area contributed by atoms with Crippen LogP contribution in [0.25, 0.3) is 0 Å². The van der Waals surface area contributed by atoms with Gasteiger partial charge in [-0.25, -0.2) is 13.1 Å². The lowest BCUT2D eigenvalue weighted by molar-refractivity contribution is -0.384. The second-order valence-corrected chi connectivity index (χ2v) is 5.75. The van der Waals surface area contributed by atoms with Crippen LogP contribution in [0.15, 0.2) is 18.2 Å². The SMILES string of the molecule is CS(=O)(=O)NCCNc1ccc([N+](=O)[O-])cc1Cl. The average Bonchev–Trinajstić information content (AvgIpc) is 2.24. The van der Waals surface area contributed by atoms with Crippen molar-refractivity contribution >= 4 is 33.0 Å². The van der Waals surface area contributed by atoms with Crippen molar-refractivity contribution in [2.24, 2.45) is 0 Å². The van der Waals surface area contributed by atoms with Crippen LogP contribution in [0.5, 0.6) is 0 Å². The van der Waals surface area contributed by atoms with Crippen molar-refractivity contribution in [3.8, 4) is 0 Å². The fraction of sp³-hybridized carbons (Fsp3) is 0.333. The van der Waals surface area contributed by atoms with Crippen LogP contribution in [0.4, 0.5) is 11.4 Å². The summed E-state index contributed by atoms with van der Waals surface area (Å²) >= 11 is 5.84. The standard InChI is InChI=1S/C9H12ClN3O4S/c1-18(16,17)12-5-4-11-9-3-2-7(13(14)15)6-8(9)10/h2-3,6,11-12H,4-5H2,1H3. The minimum atomic E-state index is -3.22. The third kappa shape index (κ3) is 4.86. The van der Waals surface area contributed by atoms with E-state index in [9.17, 15) is 18.5 Å². The molecule has 0 fully saturated rings. The molecule has 18 heavy (non-hydrogen) atoms. The van der Waals surface area contributed by atoms with E-state index in [4.69, 9.17) is 11.6 Å². The van der Waals surface area contributed by atoms with E-state index in [0.29, 0.717) is 12.2 Å². The average molecular weight is 294 g/mol. The summed E-state index contributed by atoms with van der Waals surface area (Å²) in [5, 5.41) is 13.6. The second-order valence-electron chi connectivity index (χ2n) is 3.51. The molecule has 100 valence electrons. The van der Waals surface area contributed by atoms with Gasteiger partial charge in [0.25, 0.3) is 5.69 Å². The highest BCUT2D eigenvalue weighted by Gasteiger charge is 2.09. The van der Waals surface area contributed by atoms with E-state index >= 15 is 0 Å². The van der Waals surface area contributed by atoms with Crippen molar-refractivity contribution in [2.75, 3.05) is 24.7 Å². The minimum Gasteiger partial charge on any atom is -0.383 e. The zero-order valence-electron chi connectivity index (χ0n) is 9.51. The van der Waals surface area contributed by atoms with Gasteiger partial charge in [0.05, 0.1) is 21.9 Å². The molecule has 0 saturated heterocycles. The molecule has 0 saturated carbocycles. The number of nitrogens with zero attached hydrogens (tertiary/aromatic N) is 1. The van der Waals surface area contributed by atoms with E-state index < -0.39 is 14.9 Å². The Morgan fingerprint density at radius 1 is 1.39 bits per heavy atom. The monoisotopic (exact) mass is 293 g/mol. The molecular formula is C9H12ClN3O4S. The van der Waals surface area contributed by atoms with Gasteiger partial charge in [-0.3, -0.25) is 10.1 Å². The third-order valence-corrected chi connectivity index (χ3v) is 3.01. The number of nitro groups is 1. The van der Waals surface area contributed by atoms with E-state index in [0.717, 1.165) is 6.26 Å². The van der Waals surface area contributed by atoms with Gasteiger partial charge in [-0.2, -0.15) is 0 Å². The third-order valence-electron chi connectivity index (χ3n) is 1.97. The van der Waals surface area contributed by atoms with Gasteiger partial charge in [-0.05, 0) is 6.07 Å². The van der Waals surface area contributed by atoms with E-state index in [2.05, 4.69) is 10.0 Å². The lowest BCUT2D eigenvalue weighted by Crippen LogP contribution is -2.27. The number of rotatable bonds is 6. The van der Waals surface area contributed by atoms with Crippen LogP contribution >= 0.6 is 11.6 Å². The summed E-state index contributed by atoms with van der Waals surface area (Å²) in [5.41, 5.74) is 0.414. The summed E-state index contributed by atoms with van der Waals surface area (Å²) in [6, 6.07) is 4.02. The zero-order chi connectivity index (χ0) is 13.8. The molecule has 1 rings (SSSR count). The van der Waals surface area contributed by atoms with E-state index in [1.807, 2.05) is 0 Å². The summed E-state index contributed by atoms with van der Waals surface area (Å²) in [4.78, 5) is 9.94. The Hall–Kier alpha value is -1.38. The molecule has 0 atom stereocenters. The van der Waals surface area contributed by atoms with Gasteiger partial charge in [0.15, 0.2) is 0 Å². The van der Waals surface area contributed by atoms with Crippen LogP contribution in [0, 0.1) is 10.1 Å². The maximum absolute atomic E-state index is 10.8. The smallest absolute Gasteiger partial charge is 0.271 e. The molecule has 0 aliphatic heterocycles. The second kappa shape index (κ2) is 5.98. The van der Waals surface area contributed by atoms with Crippen molar-refractivity contribution in [3.05, 3.63) is 33.3 Å². The Morgan fingerprint density at radius 3 is 2.56 bits per heavy atom. The maximum Gasteiger partial charge on any atom is 0.271 e. The topological polar surface area (TPSA) is 101 Å². The van der Waals surface area contributed by atoms with E-state index in [1.54, 1.807) is 0 Å². The fourth-order valence-corrected chi connectivity index (χ4v) is 1.91. The Kier molecular flexibility index (Phi) is 4.88. The van der Waals surface area contributed by atoms with Crippen LogP contribution in [0.1, 0.15) is 0 Å². The van der Waals surface area contributed by atoms with E-state index in [-0.39, 0.29) is 17.3 Å². The first-order valence-electron chi connectivity index (χ1n) is 4.92. The minimum absolute atomic E-state index is 0.0974. The maximum atomic E-state index is 10.8. The van der Waals surface area contributed by atoms with Crippen molar-refractivity contribution in [3.63, 3.8) is 0 Å². The normalized spacial score (nSPS) is 11.2. The van der Waals surface area contributed by atoms with Gasteiger partial charge in [0.2, 0.25) is 10.0 Å². The van der Waals surface area contributed by atoms with E-state index in [1.165, 1.54) is 18.2 Å². The van der Waals surface area contributed by atoms with Gasteiger partial charge in [0, 0.05) is 25.2 Å². The zero-order valence-corrected chi connectivity index (χ0v) is 11.1. The Bertz CT molecular complexity index is 547. The van der Waals surface area contributed by atoms with Gasteiger partial charge in [0.1, 0.15) is 0 Å². The highest BCUT2D eigenvalue weighted by Crippen LogP contribution is 2.26. The molecule has 0 radical (unpaired) electrons. The number of sulfonamides is 1. The highest BCUT2D eigenvalue weighted by atomic mass is 35.5. The molecule has 0 bridgehead atoms. The predicted octanol–water partition coefficient (Wildman–Crippen LogP) is 1.21. The molecule has 2 N–H and O–H groups in total. The first-order chi connectivity index (χ1) is 8.29. The van der Waals surface area contributed by atoms with Crippen LogP contribution < -0.4 is 10.0 Å².